The number of hydrogen-bond acceptors (Lipinski definition) is 4. The minimum absolute atomic E-state index is 0.280. The number of nitrogens with zero attached hydrogens (tertiary/aromatic N) is 1. The highest BCUT2D eigenvalue weighted by molar-refractivity contribution is 6.32. The lowest BCUT2D eigenvalue weighted by Gasteiger charge is -2.37. The molecule has 174 valence electrons. The van der Waals surface area contributed by atoms with Crippen molar-refractivity contribution in [3.63, 3.8) is 0 Å². The van der Waals surface area contributed by atoms with Crippen molar-refractivity contribution in [2.75, 3.05) is 19.0 Å². The van der Waals surface area contributed by atoms with Gasteiger partial charge in [0.1, 0.15) is 0 Å². The van der Waals surface area contributed by atoms with Crippen LogP contribution in [0.2, 0.25) is 5.02 Å². The third-order valence-corrected chi connectivity index (χ3v) is 6.95. The molecule has 4 nitrogen and oxygen atoms in total. The zero-order valence-corrected chi connectivity index (χ0v) is 20.5. The first kappa shape index (κ1) is 22.5. The van der Waals surface area contributed by atoms with Crippen molar-refractivity contribution < 1.29 is 9.47 Å². The van der Waals surface area contributed by atoms with Crippen LogP contribution in [0.4, 0.5) is 11.4 Å². The molecule has 1 N–H and O–H groups in total. The van der Waals surface area contributed by atoms with E-state index in [1.54, 1.807) is 13.3 Å². The highest BCUT2D eigenvalue weighted by atomic mass is 35.5. The Hall–Kier alpha value is -3.24. The van der Waals surface area contributed by atoms with Crippen molar-refractivity contribution in [3.8, 4) is 11.5 Å². The van der Waals surface area contributed by atoms with E-state index in [0.717, 1.165) is 17.7 Å². The summed E-state index contributed by atoms with van der Waals surface area (Å²) in [5, 5.41) is 4.32. The number of benzene rings is 3. The fourth-order valence-electron chi connectivity index (χ4n) is 5.06. The van der Waals surface area contributed by atoms with Crippen LogP contribution in [-0.2, 0) is 0 Å². The van der Waals surface area contributed by atoms with Gasteiger partial charge in [-0.05, 0) is 73.2 Å². The molecule has 0 bridgehead atoms. The SMILES string of the molecule is CCOc1c(Cl)cc(C=Nc2ccc([C@@H]3Nc4ccc(C)cc4[C@@H]4C=CC[C@H]43)cc2)cc1OC. The van der Waals surface area contributed by atoms with E-state index >= 15 is 0 Å². The zero-order valence-electron chi connectivity index (χ0n) is 19.7. The first-order chi connectivity index (χ1) is 16.6. The molecule has 0 saturated carbocycles. The lowest BCUT2D eigenvalue weighted by atomic mass is 9.76. The zero-order chi connectivity index (χ0) is 23.7. The Bertz CT molecular complexity index is 1250. The maximum Gasteiger partial charge on any atom is 0.179 e. The highest BCUT2D eigenvalue weighted by Gasteiger charge is 2.37. The van der Waals surface area contributed by atoms with Crippen LogP contribution in [-0.4, -0.2) is 19.9 Å². The Kier molecular flexibility index (Phi) is 6.34. The molecule has 1 aliphatic carbocycles. The number of anilines is 1. The molecule has 0 spiro atoms. The second-order valence-electron chi connectivity index (χ2n) is 8.88. The predicted octanol–water partition coefficient (Wildman–Crippen LogP) is 7.63. The second kappa shape index (κ2) is 9.55. The summed E-state index contributed by atoms with van der Waals surface area (Å²) in [5.74, 6) is 2.16. The van der Waals surface area contributed by atoms with E-state index in [0.29, 0.717) is 35.0 Å². The molecule has 1 heterocycles. The van der Waals surface area contributed by atoms with Crippen molar-refractivity contribution in [1.29, 1.82) is 0 Å². The molecule has 0 saturated heterocycles. The van der Waals surface area contributed by atoms with Gasteiger partial charge >= 0.3 is 0 Å². The number of allylic oxidation sites excluding steroid dienone is 2. The normalized spacial score (nSPS) is 20.6. The number of methoxy groups -OCH3 is 1. The summed E-state index contributed by atoms with van der Waals surface area (Å²) in [7, 11) is 1.61. The third-order valence-electron chi connectivity index (χ3n) is 6.67. The first-order valence-electron chi connectivity index (χ1n) is 11.8. The molecule has 0 unspecified atom stereocenters. The van der Waals surface area contributed by atoms with E-state index < -0.39 is 0 Å². The van der Waals surface area contributed by atoms with E-state index in [4.69, 9.17) is 21.1 Å². The van der Waals surface area contributed by atoms with Crippen molar-refractivity contribution >= 4 is 29.2 Å². The quantitative estimate of drug-likeness (QED) is 0.296. The number of aryl methyl sites for hydroxylation is 1. The molecule has 1 aliphatic heterocycles. The van der Waals surface area contributed by atoms with Crippen molar-refractivity contribution in [1.82, 2.24) is 0 Å². The number of nitrogens with one attached hydrogen (secondary N) is 1. The summed E-state index contributed by atoms with van der Waals surface area (Å²) in [5.41, 5.74) is 7.00. The number of hydrogen-bond donors (Lipinski definition) is 1. The maximum atomic E-state index is 6.39. The molecule has 0 fully saturated rings. The minimum Gasteiger partial charge on any atom is -0.493 e. The monoisotopic (exact) mass is 472 g/mol. The number of ether oxygens (including phenoxy) is 2. The standard InChI is InChI=1S/C29H29ClN2O2/c1-4-34-29-25(30)15-19(16-27(29)33-3)17-31-21-11-9-20(10-12-21)28-23-7-5-6-22(23)24-14-18(2)8-13-26(24)32-28/h5-6,8-17,22-23,28,32H,4,7H2,1-3H3/t22-,23-,28+/m1/s1. The van der Waals surface area contributed by atoms with Crippen LogP contribution in [0.1, 0.15) is 47.6 Å². The highest BCUT2D eigenvalue weighted by Crippen LogP contribution is 2.50. The molecule has 5 heteroatoms. The molecule has 0 radical (unpaired) electrons. The Balaban J connectivity index is 1.36. The van der Waals surface area contributed by atoms with Crippen LogP contribution in [0.25, 0.3) is 0 Å². The Morgan fingerprint density at radius 2 is 1.94 bits per heavy atom. The summed E-state index contributed by atoms with van der Waals surface area (Å²) in [6, 6.07) is 19.2. The average Bonchev–Trinajstić information content (AvgIpc) is 3.34. The molecular weight excluding hydrogens is 444 g/mol. The number of halogens is 1. The number of aliphatic imine (C=N–C) groups is 1. The lowest BCUT2D eigenvalue weighted by Crippen LogP contribution is -2.29. The van der Waals surface area contributed by atoms with Gasteiger partial charge in [-0.1, -0.05) is 53.6 Å². The summed E-state index contributed by atoms with van der Waals surface area (Å²) in [6.07, 6.45) is 7.60. The van der Waals surface area contributed by atoms with Crippen molar-refractivity contribution in [2.45, 2.75) is 32.2 Å². The minimum atomic E-state index is 0.280. The fraction of sp³-hybridized carbons (Fsp3) is 0.276. The van der Waals surface area contributed by atoms with Gasteiger partial charge in [0.05, 0.1) is 30.5 Å². The topological polar surface area (TPSA) is 42.8 Å². The molecule has 0 aromatic heterocycles. The van der Waals surface area contributed by atoms with Crippen LogP contribution >= 0.6 is 11.6 Å². The Labute approximate surface area is 206 Å². The Morgan fingerprint density at radius 3 is 2.71 bits per heavy atom. The number of fused-ring (bicyclic) bond motifs is 3. The predicted molar refractivity (Wildman–Crippen MR) is 140 cm³/mol. The lowest BCUT2D eigenvalue weighted by molar-refractivity contribution is 0.311. The summed E-state index contributed by atoms with van der Waals surface area (Å²) < 4.78 is 11.0. The maximum absolute atomic E-state index is 6.39. The van der Waals surface area contributed by atoms with E-state index in [1.165, 1.54) is 22.4 Å². The van der Waals surface area contributed by atoms with Gasteiger partial charge in [0.15, 0.2) is 11.5 Å². The molecule has 5 rings (SSSR count). The molecule has 3 aromatic rings. The van der Waals surface area contributed by atoms with Crippen LogP contribution in [0.3, 0.4) is 0 Å². The van der Waals surface area contributed by atoms with E-state index in [2.05, 4.69) is 71.8 Å². The molecule has 2 aliphatic rings. The van der Waals surface area contributed by atoms with Crippen LogP contribution < -0.4 is 14.8 Å². The van der Waals surface area contributed by atoms with Gasteiger partial charge in [-0.3, -0.25) is 4.99 Å². The van der Waals surface area contributed by atoms with Crippen LogP contribution in [0.15, 0.2) is 71.7 Å². The molecule has 0 amide bonds. The van der Waals surface area contributed by atoms with Gasteiger partial charge in [0.2, 0.25) is 0 Å². The van der Waals surface area contributed by atoms with Gasteiger partial charge in [-0.25, -0.2) is 0 Å². The van der Waals surface area contributed by atoms with Crippen LogP contribution in [0.5, 0.6) is 11.5 Å². The molecule has 34 heavy (non-hydrogen) atoms. The fourth-order valence-corrected chi connectivity index (χ4v) is 5.33. The van der Waals surface area contributed by atoms with E-state index in [-0.39, 0.29) is 6.04 Å². The summed E-state index contributed by atoms with van der Waals surface area (Å²) >= 11 is 6.39. The van der Waals surface area contributed by atoms with E-state index in [1.807, 2.05) is 19.1 Å². The van der Waals surface area contributed by atoms with Crippen molar-refractivity contribution in [3.05, 3.63) is 94.0 Å². The summed E-state index contributed by atoms with van der Waals surface area (Å²) in [6.45, 7) is 4.60. The third kappa shape index (κ3) is 4.30. The largest absolute Gasteiger partial charge is 0.493 e. The van der Waals surface area contributed by atoms with Crippen molar-refractivity contribution in [2.24, 2.45) is 10.9 Å². The average molecular weight is 473 g/mol. The Morgan fingerprint density at radius 1 is 1.12 bits per heavy atom. The number of rotatable bonds is 6. The van der Waals surface area contributed by atoms with E-state index in [9.17, 15) is 0 Å². The van der Waals surface area contributed by atoms with Gasteiger partial charge in [-0.15, -0.1) is 0 Å². The first-order valence-corrected chi connectivity index (χ1v) is 12.1. The van der Waals surface area contributed by atoms with Gasteiger partial charge in [-0.2, -0.15) is 0 Å². The molecule has 3 aromatic carbocycles. The van der Waals surface area contributed by atoms with Gasteiger partial charge < -0.3 is 14.8 Å². The van der Waals surface area contributed by atoms with Gasteiger partial charge in [0, 0.05) is 17.8 Å². The smallest absolute Gasteiger partial charge is 0.179 e. The summed E-state index contributed by atoms with van der Waals surface area (Å²) in [4.78, 5) is 4.65. The van der Waals surface area contributed by atoms with Gasteiger partial charge in [0.25, 0.3) is 0 Å². The molecular formula is C29H29ClN2O2. The molecule has 3 atom stereocenters. The second-order valence-corrected chi connectivity index (χ2v) is 9.29. The van der Waals surface area contributed by atoms with Crippen LogP contribution in [0, 0.1) is 12.8 Å².